The standard InChI is InChI=1S/C19H32N4O3S/c1-3-20-19(21-9-5-4-8-18(24)25-2)22-15-16(17-7-6-14-27-17)23-10-12-26-13-11-23/h6-7,14,16H,3-5,8-13,15H2,1-2H3,(H2,20,21,22). The van der Waals surface area contributed by atoms with Crippen LogP contribution >= 0.6 is 11.3 Å². The van der Waals surface area contributed by atoms with Crippen molar-refractivity contribution in [3.63, 3.8) is 0 Å². The summed E-state index contributed by atoms with van der Waals surface area (Å²) in [7, 11) is 1.43. The van der Waals surface area contributed by atoms with E-state index in [1.807, 2.05) is 0 Å². The smallest absolute Gasteiger partial charge is 0.305 e. The van der Waals surface area contributed by atoms with Gasteiger partial charge in [-0.1, -0.05) is 6.07 Å². The van der Waals surface area contributed by atoms with Crippen LogP contribution in [0.2, 0.25) is 0 Å². The number of aliphatic imine (C=N–C) groups is 1. The molecular formula is C19H32N4O3S. The highest BCUT2D eigenvalue weighted by Gasteiger charge is 2.23. The third-order valence-corrected chi connectivity index (χ3v) is 5.43. The number of hydrogen-bond donors (Lipinski definition) is 2. The minimum atomic E-state index is -0.153. The molecule has 152 valence electrons. The molecule has 2 N–H and O–H groups in total. The molecule has 7 nitrogen and oxygen atoms in total. The van der Waals surface area contributed by atoms with Crippen molar-refractivity contribution in [1.82, 2.24) is 15.5 Å². The summed E-state index contributed by atoms with van der Waals surface area (Å²) in [5, 5.41) is 8.79. The molecule has 0 saturated carbocycles. The quantitative estimate of drug-likeness (QED) is 0.273. The van der Waals surface area contributed by atoms with Crippen LogP contribution in [0.3, 0.4) is 0 Å². The summed E-state index contributed by atoms with van der Waals surface area (Å²) < 4.78 is 10.2. The number of guanidine groups is 1. The molecule has 27 heavy (non-hydrogen) atoms. The molecule has 0 amide bonds. The molecule has 1 atom stereocenters. The molecule has 1 aliphatic rings. The Morgan fingerprint density at radius 2 is 2.19 bits per heavy atom. The zero-order valence-corrected chi connectivity index (χ0v) is 17.2. The van der Waals surface area contributed by atoms with Crippen LogP contribution in [0.15, 0.2) is 22.5 Å². The lowest BCUT2D eigenvalue weighted by atomic mass is 10.2. The SMILES string of the molecule is CCNC(=NCC(c1cccs1)N1CCOCC1)NCCCCC(=O)OC. The number of carbonyl (C=O) groups is 1. The maximum atomic E-state index is 11.2. The molecule has 1 aromatic heterocycles. The summed E-state index contributed by atoms with van der Waals surface area (Å²) in [6.45, 7) is 7.81. The van der Waals surface area contributed by atoms with E-state index in [2.05, 4.69) is 44.7 Å². The first-order chi connectivity index (χ1) is 13.2. The van der Waals surface area contributed by atoms with Crippen LogP contribution in [0, 0.1) is 0 Å². The van der Waals surface area contributed by atoms with E-state index in [9.17, 15) is 4.79 Å². The number of methoxy groups -OCH3 is 1. The monoisotopic (exact) mass is 396 g/mol. The summed E-state index contributed by atoms with van der Waals surface area (Å²) in [5.74, 6) is 0.672. The van der Waals surface area contributed by atoms with E-state index in [0.29, 0.717) is 13.0 Å². The van der Waals surface area contributed by atoms with Gasteiger partial charge in [-0.05, 0) is 31.2 Å². The first-order valence-electron chi connectivity index (χ1n) is 9.68. The number of nitrogens with zero attached hydrogens (tertiary/aromatic N) is 2. The van der Waals surface area contributed by atoms with Gasteiger partial charge in [-0.3, -0.25) is 14.7 Å². The van der Waals surface area contributed by atoms with E-state index in [0.717, 1.165) is 58.2 Å². The first kappa shape index (κ1) is 21.7. The zero-order chi connectivity index (χ0) is 19.3. The molecule has 8 heteroatoms. The van der Waals surface area contributed by atoms with Crippen molar-refractivity contribution in [1.29, 1.82) is 0 Å². The van der Waals surface area contributed by atoms with Gasteiger partial charge in [0.15, 0.2) is 5.96 Å². The fraction of sp³-hybridized carbons (Fsp3) is 0.684. The van der Waals surface area contributed by atoms with E-state index in [-0.39, 0.29) is 12.0 Å². The average Bonchev–Trinajstić information content (AvgIpc) is 3.23. The number of hydrogen-bond acceptors (Lipinski definition) is 6. The van der Waals surface area contributed by atoms with Crippen LogP contribution in [-0.4, -0.2) is 69.9 Å². The van der Waals surface area contributed by atoms with E-state index in [1.54, 1.807) is 11.3 Å². The van der Waals surface area contributed by atoms with E-state index < -0.39 is 0 Å². The Kier molecular flexibility index (Phi) is 10.2. The molecule has 2 rings (SSSR count). The van der Waals surface area contributed by atoms with Gasteiger partial charge in [0.2, 0.25) is 0 Å². The van der Waals surface area contributed by atoms with Crippen LogP contribution < -0.4 is 10.6 Å². The van der Waals surface area contributed by atoms with E-state index in [1.165, 1.54) is 12.0 Å². The van der Waals surface area contributed by atoms with Crippen molar-refractivity contribution in [2.45, 2.75) is 32.2 Å². The molecule has 2 heterocycles. The maximum absolute atomic E-state index is 11.2. The molecule has 1 aliphatic heterocycles. The number of esters is 1. The van der Waals surface area contributed by atoms with Crippen molar-refractivity contribution in [2.24, 2.45) is 4.99 Å². The predicted octanol–water partition coefficient (Wildman–Crippen LogP) is 2.02. The second-order valence-electron chi connectivity index (χ2n) is 6.36. The molecule has 1 fully saturated rings. The molecule has 0 aliphatic carbocycles. The number of thiophene rings is 1. The number of carbonyl (C=O) groups excluding carboxylic acids is 1. The van der Waals surface area contributed by atoms with Crippen molar-refractivity contribution in [3.8, 4) is 0 Å². The molecule has 1 saturated heterocycles. The minimum Gasteiger partial charge on any atom is -0.469 e. The van der Waals surface area contributed by atoms with Crippen molar-refractivity contribution >= 4 is 23.3 Å². The van der Waals surface area contributed by atoms with Crippen LogP contribution in [0.1, 0.15) is 37.1 Å². The molecular weight excluding hydrogens is 364 g/mol. The fourth-order valence-corrected chi connectivity index (χ4v) is 3.83. The highest BCUT2D eigenvalue weighted by molar-refractivity contribution is 7.10. The molecule has 0 bridgehead atoms. The molecule has 0 radical (unpaired) electrons. The van der Waals surface area contributed by atoms with E-state index >= 15 is 0 Å². The summed E-state index contributed by atoms with van der Waals surface area (Å²) >= 11 is 1.78. The summed E-state index contributed by atoms with van der Waals surface area (Å²) in [6.07, 6.45) is 2.17. The molecule has 0 aromatic carbocycles. The third-order valence-electron chi connectivity index (χ3n) is 4.45. The maximum Gasteiger partial charge on any atom is 0.305 e. The number of rotatable bonds is 10. The Bertz CT molecular complexity index is 559. The van der Waals surface area contributed by atoms with Gasteiger partial charge in [0.1, 0.15) is 0 Å². The Hall–Kier alpha value is -1.64. The Morgan fingerprint density at radius 3 is 2.85 bits per heavy atom. The van der Waals surface area contributed by atoms with Crippen LogP contribution in [-0.2, 0) is 14.3 Å². The fourth-order valence-electron chi connectivity index (χ4n) is 2.98. The first-order valence-corrected chi connectivity index (χ1v) is 10.6. The van der Waals surface area contributed by atoms with E-state index in [4.69, 9.17) is 9.73 Å². The largest absolute Gasteiger partial charge is 0.469 e. The third kappa shape index (κ3) is 7.86. The number of unbranched alkanes of at least 4 members (excludes halogenated alkanes) is 1. The second kappa shape index (κ2) is 12.7. The number of morpholine rings is 1. The number of ether oxygens (including phenoxy) is 2. The lowest BCUT2D eigenvalue weighted by Crippen LogP contribution is -2.41. The lowest BCUT2D eigenvalue weighted by Gasteiger charge is -2.33. The van der Waals surface area contributed by atoms with Gasteiger partial charge in [-0.15, -0.1) is 11.3 Å². The van der Waals surface area contributed by atoms with Gasteiger partial charge in [0.05, 0.1) is 32.9 Å². The van der Waals surface area contributed by atoms with Crippen molar-refractivity contribution < 1.29 is 14.3 Å². The van der Waals surface area contributed by atoms with Gasteiger partial charge in [-0.25, -0.2) is 0 Å². The Morgan fingerprint density at radius 1 is 1.37 bits per heavy atom. The Balaban J connectivity index is 1.88. The Labute approximate surface area is 166 Å². The van der Waals surface area contributed by atoms with Crippen molar-refractivity contribution in [2.75, 3.05) is 53.0 Å². The summed E-state index contributed by atoms with van der Waals surface area (Å²) in [6, 6.07) is 4.57. The average molecular weight is 397 g/mol. The number of nitrogens with one attached hydrogen (secondary N) is 2. The van der Waals surface area contributed by atoms with Gasteiger partial charge >= 0.3 is 5.97 Å². The molecule has 0 spiro atoms. The minimum absolute atomic E-state index is 0.153. The normalized spacial score (nSPS) is 16.7. The second-order valence-corrected chi connectivity index (χ2v) is 7.34. The highest BCUT2D eigenvalue weighted by atomic mass is 32.1. The van der Waals surface area contributed by atoms with Crippen LogP contribution in [0.25, 0.3) is 0 Å². The van der Waals surface area contributed by atoms with Crippen molar-refractivity contribution in [3.05, 3.63) is 22.4 Å². The van der Waals surface area contributed by atoms with Gasteiger partial charge in [0, 0.05) is 37.5 Å². The van der Waals surface area contributed by atoms with Gasteiger partial charge in [0.25, 0.3) is 0 Å². The molecule has 1 aromatic rings. The highest BCUT2D eigenvalue weighted by Crippen LogP contribution is 2.26. The lowest BCUT2D eigenvalue weighted by molar-refractivity contribution is -0.140. The summed E-state index contributed by atoms with van der Waals surface area (Å²) in [5.41, 5.74) is 0. The predicted molar refractivity (Wildman–Crippen MR) is 109 cm³/mol. The zero-order valence-electron chi connectivity index (χ0n) is 16.4. The topological polar surface area (TPSA) is 75.2 Å². The van der Waals surface area contributed by atoms with Gasteiger partial charge in [-0.2, -0.15) is 0 Å². The van der Waals surface area contributed by atoms with Crippen LogP contribution in [0.5, 0.6) is 0 Å². The summed E-state index contributed by atoms with van der Waals surface area (Å²) in [4.78, 5) is 19.8. The van der Waals surface area contributed by atoms with Gasteiger partial charge < -0.3 is 20.1 Å². The molecule has 1 unspecified atom stereocenters. The van der Waals surface area contributed by atoms with Crippen LogP contribution in [0.4, 0.5) is 0 Å².